The molecule has 0 aromatic heterocycles. The third kappa shape index (κ3) is 2.67. The van der Waals surface area contributed by atoms with Crippen LogP contribution in [0.2, 0.25) is 0 Å². The lowest BCUT2D eigenvalue weighted by atomic mass is 10.1. The lowest BCUT2D eigenvalue weighted by molar-refractivity contribution is -0.118. The number of benzene rings is 1. The zero-order valence-electron chi connectivity index (χ0n) is 10.6. The first-order valence-electron chi connectivity index (χ1n) is 6.27. The summed E-state index contributed by atoms with van der Waals surface area (Å²) in [4.78, 5) is 14.1. The summed E-state index contributed by atoms with van der Waals surface area (Å²) in [6, 6.07) is 6.19. The molecule has 0 atom stereocenters. The number of aryl methyl sites for hydroxylation is 2. The van der Waals surface area contributed by atoms with E-state index in [4.69, 9.17) is 0 Å². The Bertz CT molecular complexity index is 394. The van der Waals surface area contributed by atoms with E-state index in [0.29, 0.717) is 6.42 Å². The van der Waals surface area contributed by atoms with Crippen molar-refractivity contribution in [2.45, 2.75) is 26.7 Å². The monoisotopic (exact) mass is 232 g/mol. The highest BCUT2D eigenvalue weighted by molar-refractivity contribution is 5.95. The van der Waals surface area contributed by atoms with Crippen LogP contribution in [0.4, 0.5) is 5.69 Å². The van der Waals surface area contributed by atoms with E-state index in [1.165, 1.54) is 11.1 Å². The molecule has 0 aliphatic carbocycles. The highest BCUT2D eigenvalue weighted by Gasteiger charge is 2.19. The second-order valence-corrected chi connectivity index (χ2v) is 4.64. The highest BCUT2D eigenvalue weighted by atomic mass is 16.2. The predicted octanol–water partition coefficient (Wildman–Crippen LogP) is 2.02. The maximum absolute atomic E-state index is 12.2. The molecule has 0 unspecified atom stereocenters. The van der Waals surface area contributed by atoms with Crippen molar-refractivity contribution in [1.82, 2.24) is 5.32 Å². The molecule has 17 heavy (non-hydrogen) atoms. The predicted molar refractivity (Wildman–Crippen MR) is 70.4 cm³/mol. The summed E-state index contributed by atoms with van der Waals surface area (Å²) in [6.45, 7) is 6.74. The lowest BCUT2D eigenvalue weighted by Crippen LogP contribution is -2.40. The van der Waals surface area contributed by atoms with Crippen LogP contribution in [0.15, 0.2) is 18.2 Å². The van der Waals surface area contributed by atoms with Gasteiger partial charge in [-0.3, -0.25) is 4.79 Å². The van der Waals surface area contributed by atoms with E-state index in [0.717, 1.165) is 31.7 Å². The van der Waals surface area contributed by atoms with Crippen molar-refractivity contribution in [3.8, 4) is 0 Å². The standard InChI is InChI=1S/C14H20N2O/c1-11-5-3-6-12(2)14(11)16-10-9-15-8-4-7-13(16)17/h3,5-6,15H,4,7-10H2,1-2H3. The van der Waals surface area contributed by atoms with Gasteiger partial charge in [-0.25, -0.2) is 0 Å². The fraction of sp³-hybridized carbons (Fsp3) is 0.500. The van der Waals surface area contributed by atoms with Crippen LogP contribution in [0, 0.1) is 13.8 Å². The SMILES string of the molecule is Cc1cccc(C)c1N1CCNCCCC1=O. The molecular formula is C14H20N2O. The van der Waals surface area contributed by atoms with E-state index in [1.807, 2.05) is 11.0 Å². The van der Waals surface area contributed by atoms with Crippen LogP contribution in [0.1, 0.15) is 24.0 Å². The quantitative estimate of drug-likeness (QED) is 0.803. The zero-order chi connectivity index (χ0) is 12.3. The van der Waals surface area contributed by atoms with Crippen molar-refractivity contribution >= 4 is 11.6 Å². The molecule has 1 aromatic carbocycles. The number of para-hydroxylation sites is 1. The first-order valence-corrected chi connectivity index (χ1v) is 6.27. The first-order chi connectivity index (χ1) is 8.20. The van der Waals surface area contributed by atoms with E-state index < -0.39 is 0 Å². The van der Waals surface area contributed by atoms with Gasteiger partial charge >= 0.3 is 0 Å². The van der Waals surface area contributed by atoms with Crippen molar-refractivity contribution in [3.05, 3.63) is 29.3 Å². The summed E-state index contributed by atoms with van der Waals surface area (Å²) < 4.78 is 0. The molecule has 0 spiro atoms. The second-order valence-electron chi connectivity index (χ2n) is 4.64. The topological polar surface area (TPSA) is 32.3 Å². The van der Waals surface area contributed by atoms with Gasteiger partial charge in [0.05, 0.1) is 0 Å². The number of carbonyl (C=O) groups is 1. The van der Waals surface area contributed by atoms with Crippen molar-refractivity contribution in [2.75, 3.05) is 24.5 Å². The second kappa shape index (κ2) is 5.32. The summed E-state index contributed by atoms with van der Waals surface area (Å²) in [5, 5.41) is 3.35. The fourth-order valence-electron chi connectivity index (χ4n) is 2.41. The maximum Gasteiger partial charge on any atom is 0.227 e. The number of amides is 1. The van der Waals surface area contributed by atoms with Gasteiger partial charge in [0.15, 0.2) is 0 Å². The fourth-order valence-corrected chi connectivity index (χ4v) is 2.41. The van der Waals surface area contributed by atoms with Crippen LogP contribution in [-0.4, -0.2) is 25.5 Å². The third-order valence-corrected chi connectivity index (χ3v) is 3.27. The minimum Gasteiger partial charge on any atom is -0.315 e. The Morgan fingerprint density at radius 1 is 1.18 bits per heavy atom. The molecule has 3 heteroatoms. The molecule has 0 saturated carbocycles. The molecule has 1 fully saturated rings. The van der Waals surface area contributed by atoms with Crippen molar-refractivity contribution in [2.24, 2.45) is 0 Å². The lowest BCUT2D eigenvalue weighted by Gasteiger charge is -2.28. The number of hydrogen-bond donors (Lipinski definition) is 1. The van der Waals surface area contributed by atoms with Crippen molar-refractivity contribution in [3.63, 3.8) is 0 Å². The molecule has 1 aromatic rings. The number of carbonyl (C=O) groups excluding carboxylic acids is 1. The van der Waals surface area contributed by atoms with Gasteiger partial charge in [-0.2, -0.15) is 0 Å². The molecule has 92 valence electrons. The van der Waals surface area contributed by atoms with Crippen molar-refractivity contribution in [1.29, 1.82) is 0 Å². The number of rotatable bonds is 1. The minimum atomic E-state index is 0.254. The molecule has 1 amide bonds. The van der Waals surface area contributed by atoms with E-state index in [2.05, 4.69) is 31.3 Å². The molecule has 0 radical (unpaired) electrons. The van der Waals surface area contributed by atoms with E-state index in [-0.39, 0.29) is 5.91 Å². The van der Waals surface area contributed by atoms with Crippen molar-refractivity contribution < 1.29 is 4.79 Å². The van der Waals surface area contributed by atoms with E-state index in [9.17, 15) is 4.79 Å². The van der Waals surface area contributed by atoms with Gasteiger partial charge in [0.25, 0.3) is 0 Å². The van der Waals surface area contributed by atoms with Crippen LogP contribution in [0.3, 0.4) is 0 Å². The Morgan fingerprint density at radius 3 is 2.59 bits per heavy atom. The molecule has 1 aliphatic rings. The Labute approximate surface area is 103 Å². The van der Waals surface area contributed by atoms with Crippen LogP contribution in [0.25, 0.3) is 0 Å². The largest absolute Gasteiger partial charge is 0.315 e. The van der Waals surface area contributed by atoms with Crippen LogP contribution in [-0.2, 0) is 4.79 Å². The van der Waals surface area contributed by atoms with Crippen LogP contribution < -0.4 is 10.2 Å². The third-order valence-electron chi connectivity index (χ3n) is 3.27. The number of nitrogens with zero attached hydrogens (tertiary/aromatic N) is 1. The average Bonchev–Trinajstić information content (AvgIpc) is 2.27. The summed E-state index contributed by atoms with van der Waals surface area (Å²) in [5.41, 5.74) is 3.46. The van der Waals surface area contributed by atoms with Gasteiger partial charge < -0.3 is 10.2 Å². The van der Waals surface area contributed by atoms with Crippen LogP contribution >= 0.6 is 0 Å². The molecule has 2 rings (SSSR count). The zero-order valence-corrected chi connectivity index (χ0v) is 10.6. The Hall–Kier alpha value is -1.35. The molecule has 1 N–H and O–H groups in total. The van der Waals surface area contributed by atoms with Gasteiger partial charge in [0.2, 0.25) is 5.91 Å². The summed E-state index contributed by atoms with van der Waals surface area (Å²) in [7, 11) is 0. The molecular weight excluding hydrogens is 212 g/mol. The molecule has 1 heterocycles. The summed E-state index contributed by atoms with van der Waals surface area (Å²) >= 11 is 0. The van der Waals surface area contributed by atoms with Crippen LogP contribution in [0.5, 0.6) is 0 Å². The van der Waals surface area contributed by atoms with Gasteiger partial charge in [0.1, 0.15) is 0 Å². The number of anilines is 1. The molecule has 1 saturated heterocycles. The number of hydrogen-bond acceptors (Lipinski definition) is 2. The number of nitrogens with one attached hydrogen (secondary N) is 1. The van der Waals surface area contributed by atoms with Gasteiger partial charge in [-0.1, -0.05) is 18.2 Å². The maximum atomic E-state index is 12.2. The minimum absolute atomic E-state index is 0.254. The summed E-state index contributed by atoms with van der Waals surface area (Å²) in [5.74, 6) is 0.254. The van der Waals surface area contributed by atoms with Gasteiger partial charge in [-0.05, 0) is 37.9 Å². The Balaban J connectivity index is 2.32. The molecule has 3 nitrogen and oxygen atoms in total. The van der Waals surface area contributed by atoms with Gasteiger partial charge in [-0.15, -0.1) is 0 Å². The van der Waals surface area contributed by atoms with Gasteiger partial charge in [0, 0.05) is 25.2 Å². The normalized spacial score (nSPS) is 17.8. The van der Waals surface area contributed by atoms with E-state index >= 15 is 0 Å². The van der Waals surface area contributed by atoms with E-state index in [1.54, 1.807) is 0 Å². The first kappa shape index (κ1) is 12.1. The summed E-state index contributed by atoms with van der Waals surface area (Å²) in [6.07, 6.45) is 1.57. The highest BCUT2D eigenvalue weighted by Crippen LogP contribution is 2.25. The average molecular weight is 232 g/mol. The Kier molecular flexibility index (Phi) is 3.79. The molecule has 0 bridgehead atoms. The Morgan fingerprint density at radius 2 is 1.88 bits per heavy atom. The molecule has 1 aliphatic heterocycles. The smallest absolute Gasteiger partial charge is 0.227 e.